The van der Waals surface area contributed by atoms with Crippen molar-refractivity contribution in [3.8, 4) is 16.9 Å². The summed E-state index contributed by atoms with van der Waals surface area (Å²) in [7, 11) is 0. The molecule has 5 heterocycles. The predicted octanol–water partition coefficient (Wildman–Crippen LogP) is 3.95. The minimum Gasteiger partial charge on any atom is -0.391 e. The maximum absolute atomic E-state index is 16.1. The molecule has 3 atom stereocenters. The Balaban J connectivity index is 0.995. The van der Waals surface area contributed by atoms with E-state index >= 15 is 8.78 Å². The lowest BCUT2D eigenvalue weighted by atomic mass is 9.85. The molecule has 0 amide bonds. The Kier molecular flexibility index (Phi) is 10.00. The molecule has 0 spiro atoms. The van der Waals surface area contributed by atoms with Crippen LogP contribution in [0.3, 0.4) is 0 Å². The molecule has 17 heteroatoms. The van der Waals surface area contributed by atoms with E-state index in [1.165, 1.54) is 33.9 Å². The topological polar surface area (TPSA) is 156 Å². The van der Waals surface area contributed by atoms with Crippen LogP contribution >= 0.6 is 0 Å². The summed E-state index contributed by atoms with van der Waals surface area (Å²) in [5.41, 5.74) is -0.786. The third kappa shape index (κ3) is 6.94. The van der Waals surface area contributed by atoms with Crippen molar-refractivity contribution in [2.45, 2.75) is 50.5 Å². The highest BCUT2D eigenvalue weighted by molar-refractivity contribution is 5.66. The van der Waals surface area contributed by atoms with E-state index in [0.29, 0.717) is 17.8 Å². The Morgan fingerprint density at radius 3 is 2.07 bits per heavy atom. The quantitative estimate of drug-likeness (QED) is 0.187. The Labute approximate surface area is 307 Å². The van der Waals surface area contributed by atoms with Gasteiger partial charge in [-0.1, -0.05) is 37.3 Å². The van der Waals surface area contributed by atoms with Crippen LogP contribution in [0.2, 0.25) is 0 Å². The number of aliphatic hydroxyl groups is 2. The molecule has 2 aromatic carbocycles. The van der Waals surface area contributed by atoms with E-state index in [1.807, 2.05) is 37.3 Å². The van der Waals surface area contributed by atoms with Gasteiger partial charge in [-0.15, -0.1) is 5.10 Å². The van der Waals surface area contributed by atoms with E-state index < -0.39 is 41.7 Å². The van der Waals surface area contributed by atoms with E-state index in [1.54, 1.807) is 19.2 Å². The van der Waals surface area contributed by atoms with E-state index in [-0.39, 0.29) is 11.3 Å². The molecule has 6 aromatic rings. The van der Waals surface area contributed by atoms with Crippen LogP contribution in [0.15, 0.2) is 103 Å². The summed E-state index contributed by atoms with van der Waals surface area (Å²) >= 11 is 0. The smallest absolute Gasteiger partial charge is 0.351 e. The number of aromatic nitrogens is 9. The first-order valence-electron chi connectivity index (χ1n) is 17.4. The summed E-state index contributed by atoms with van der Waals surface area (Å²) in [5, 5.41) is 36.3. The van der Waals surface area contributed by atoms with Gasteiger partial charge < -0.3 is 20.0 Å². The van der Waals surface area contributed by atoms with Crippen molar-refractivity contribution < 1.29 is 23.4 Å². The second kappa shape index (κ2) is 14.8. The zero-order chi connectivity index (χ0) is 38.0. The summed E-state index contributed by atoms with van der Waals surface area (Å²) in [6, 6.07) is 17.9. The molecule has 14 nitrogen and oxygen atoms in total. The Morgan fingerprint density at radius 1 is 0.833 bits per heavy atom. The lowest BCUT2D eigenvalue weighted by molar-refractivity contribution is -0.206. The van der Waals surface area contributed by atoms with Crippen molar-refractivity contribution >= 4 is 11.4 Å². The molecule has 0 bridgehead atoms. The fourth-order valence-electron chi connectivity index (χ4n) is 6.76. The predicted molar refractivity (Wildman–Crippen MR) is 193 cm³/mol. The standard InChI is InChI=1S/C37H38F3N11O3/c1-3-32(25(2)52)51-35(53)50(24-44-51)34-15-13-31(21-42-34)48-18-16-47(17-19-48)30-11-4-26(5-12-30)27-6-14-33(41-20-27)37(39,40)36(54,22-49-23-43-45-46-49)28-7-9-29(38)10-8-28/h4-15,20-21,23-25,32,52,54H,3,16-19,22H2,1-2H3/t25-,32-,36?/m0/s1. The van der Waals surface area contributed by atoms with Crippen LogP contribution in [0.4, 0.5) is 24.5 Å². The number of anilines is 2. The maximum Gasteiger partial charge on any atom is 0.351 e. The monoisotopic (exact) mass is 741 g/mol. The first kappa shape index (κ1) is 36.4. The number of benzene rings is 2. The number of hydrogen-bond acceptors (Lipinski definition) is 11. The molecule has 1 saturated heterocycles. The van der Waals surface area contributed by atoms with Gasteiger partial charge in [0, 0.05) is 43.6 Å². The van der Waals surface area contributed by atoms with Gasteiger partial charge in [0.1, 0.15) is 30.0 Å². The first-order chi connectivity index (χ1) is 26.0. The minimum absolute atomic E-state index is 0.223. The molecule has 4 aromatic heterocycles. The third-order valence-corrected chi connectivity index (χ3v) is 9.88. The van der Waals surface area contributed by atoms with Gasteiger partial charge in [0.05, 0.1) is 30.6 Å². The molecule has 2 N–H and O–H groups in total. The number of nitrogens with zero attached hydrogens (tertiary/aromatic N) is 11. The van der Waals surface area contributed by atoms with Gasteiger partial charge in [-0.2, -0.15) is 13.9 Å². The second-order valence-corrected chi connectivity index (χ2v) is 13.2. The number of pyridine rings is 2. The summed E-state index contributed by atoms with van der Waals surface area (Å²) in [6.45, 7) is 5.80. The van der Waals surface area contributed by atoms with Crippen LogP contribution in [0.5, 0.6) is 0 Å². The molecule has 7 rings (SSSR count). The largest absolute Gasteiger partial charge is 0.391 e. The number of halogens is 3. The molecule has 0 saturated carbocycles. The second-order valence-electron chi connectivity index (χ2n) is 13.2. The first-order valence-corrected chi connectivity index (χ1v) is 17.4. The van der Waals surface area contributed by atoms with Gasteiger partial charge in [0.15, 0.2) is 5.60 Å². The molecule has 1 aliphatic heterocycles. The van der Waals surface area contributed by atoms with E-state index in [2.05, 4.69) is 40.4 Å². The summed E-state index contributed by atoms with van der Waals surface area (Å²) in [6.07, 6.45) is 5.44. The average Bonchev–Trinajstić information content (AvgIpc) is 3.85. The fourth-order valence-corrected chi connectivity index (χ4v) is 6.76. The summed E-state index contributed by atoms with van der Waals surface area (Å²) < 4.78 is 49.6. The fraction of sp³-hybridized carbons (Fsp3) is 0.324. The van der Waals surface area contributed by atoms with Gasteiger partial charge >= 0.3 is 11.6 Å². The number of aliphatic hydroxyl groups excluding tert-OH is 1. The van der Waals surface area contributed by atoms with Gasteiger partial charge in [-0.05, 0) is 77.4 Å². The molecule has 54 heavy (non-hydrogen) atoms. The normalized spacial score (nSPS) is 15.9. The average molecular weight is 742 g/mol. The van der Waals surface area contributed by atoms with E-state index in [9.17, 15) is 19.4 Å². The van der Waals surface area contributed by atoms with Crippen LogP contribution in [-0.2, 0) is 18.1 Å². The van der Waals surface area contributed by atoms with Crippen LogP contribution in [-0.4, -0.2) is 87.0 Å². The van der Waals surface area contributed by atoms with Crippen LogP contribution in [0, 0.1) is 5.82 Å². The SMILES string of the molecule is CC[C@@H]([C@H](C)O)n1ncn(-c2ccc(N3CCN(c4ccc(-c5ccc(C(F)(F)C(O)(Cn6cnnn6)c6ccc(F)cc6)nc5)cc4)CC3)cn2)c1=O. The highest BCUT2D eigenvalue weighted by Crippen LogP contribution is 2.46. The van der Waals surface area contributed by atoms with Gasteiger partial charge in [-0.25, -0.2) is 28.1 Å². The molecule has 1 fully saturated rings. The minimum atomic E-state index is -3.92. The molecular formula is C37H38F3N11O3. The molecule has 280 valence electrons. The number of tetrazole rings is 1. The van der Waals surface area contributed by atoms with Crippen LogP contribution in [0.1, 0.15) is 37.6 Å². The van der Waals surface area contributed by atoms with Crippen LogP contribution in [0.25, 0.3) is 16.9 Å². The van der Waals surface area contributed by atoms with E-state index in [4.69, 9.17) is 0 Å². The summed E-state index contributed by atoms with van der Waals surface area (Å²) in [5.74, 6) is -4.11. The number of hydrogen-bond donors (Lipinski definition) is 2. The summed E-state index contributed by atoms with van der Waals surface area (Å²) in [4.78, 5) is 26.0. The molecule has 1 aliphatic rings. The number of alkyl halides is 2. The number of piperazine rings is 1. The maximum atomic E-state index is 16.1. The zero-order valence-electron chi connectivity index (χ0n) is 29.5. The van der Waals surface area contributed by atoms with Gasteiger partial charge in [0.2, 0.25) is 0 Å². The third-order valence-electron chi connectivity index (χ3n) is 9.88. The lowest BCUT2D eigenvalue weighted by Gasteiger charge is -2.37. The van der Waals surface area contributed by atoms with E-state index in [0.717, 1.165) is 78.4 Å². The molecular weight excluding hydrogens is 703 g/mol. The Bertz CT molecular complexity index is 2200. The van der Waals surface area contributed by atoms with Crippen molar-refractivity contribution in [3.05, 3.63) is 125 Å². The highest BCUT2D eigenvalue weighted by Gasteiger charge is 2.56. The highest BCUT2D eigenvalue weighted by atomic mass is 19.3. The van der Waals surface area contributed by atoms with Crippen molar-refractivity contribution in [2.75, 3.05) is 36.0 Å². The van der Waals surface area contributed by atoms with Crippen molar-refractivity contribution in [1.82, 2.24) is 44.5 Å². The number of rotatable bonds is 12. The van der Waals surface area contributed by atoms with Crippen molar-refractivity contribution in [2.24, 2.45) is 0 Å². The Morgan fingerprint density at radius 2 is 1.50 bits per heavy atom. The Hall–Kier alpha value is -5.94. The molecule has 1 unspecified atom stereocenters. The molecule has 0 aliphatic carbocycles. The van der Waals surface area contributed by atoms with Crippen LogP contribution < -0.4 is 15.5 Å². The molecule has 0 radical (unpaired) electrons. The zero-order valence-corrected chi connectivity index (χ0v) is 29.5. The lowest BCUT2D eigenvalue weighted by Crippen LogP contribution is -2.47. The van der Waals surface area contributed by atoms with Crippen molar-refractivity contribution in [1.29, 1.82) is 0 Å². The van der Waals surface area contributed by atoms with Crippen molar-refractivity contribution in [3.63, 3.8) is 0 Å². The van der Waals surface area contributed by atoms with Gasteiger partial charge in [0.25, 0.3) is 0 Å². The van der Waals surface area contributed by atoms with Gasteiger partial charge in [-0.3, -0.25) is 4.98 Å².